The number of aryl methyl sites for hydroxylation is 1. The molecule has 0 atom stereocenters. The molecular formula is C16H19N. The molecular weight excluding hydrogens is 206 g/mol. The van der Waals surface area contributed by atoms with Gasteiger partial charge in [0.2, 0.25) is 0 Å². The van der Waals surface area contributed by atoms with Gasteiger partial charge in [0.1, 0.15) is 0 Å². The summed E-state index contributed by atoms with van der Waals surface area (Å²) in [5.41, 5.74) is 7.23. The highest BCUT2D eigenvalue weighted by Gasteiger charge is 2.21. The van der Waals surface area contributed by atoms with Gasteiger partial charge < -0.3 is 5.32 Å². The molecule has 1 aromatic carbocycles. The summed E-state index contributed by atoms with van der Waals surface area (Å²) in [7, 11) is 0. The summed E-state index contributed by atoms with van der Waals surface area (Å²) in [4.78, 5) is 0. The zero-order chi connectivity index (χ0) is 12.4. The highest BCUT2D eigenvalue weighted by molar-refractivity contribution is 5.65. The summed E-state index contributed by atoms with van der Waals surface area (Å²) in [5.74, 6) is 0. The molecule has 0 saturated carbocycles. The molecule has 0 saturated heterocycles. The lowest BCUT2D eigenvalue weighted by molar-refractivity contribution is 0.792. The number of nitrogens with one attached hydrogen (secondary N) is 1. The molecule has 1 aliphatic carbocycles. The second-order valence-electron chi connectivity index (χ2n) is 4.48. The van der Waals surface area contributed by atoms with Crippen LogP contribution in [0.3, 0.4) is 0 Å². The summed E-state index contributed by atoms with van der Waals surface area (Å²) in [5, 5.41) is 3.44. The maximum absolute atomic E-state index is 4.00. The SMILES string of the molecule is C=C1C(=C)C(NCc2cccc(CC)c2)=C1C. The molecule has 0 spiro atoms. The molecule has 1 aromatic rings. The second kappa shape index (κ2) is 4.62. The molecule has 0 aromatic heterocycles. The molecule has 88 valence electrons. The molecule has 1 heteroatoms. The van der Waals surface area contributed by atoms with Crippen LogP contribution in [0, 0.1) is 0 Å². The van der Waals surface area contributed by atoms with Gasteiger partial charge in [0.25, 0.3) is 0 Å². The maximum atomic E-state index is 4.00. The van der Waals surface area contributed by atoms with Gasteiger partial charge in [-0.05, 0) is 41.2 Å². The Morgan fingerprint density at radius 3 is 2.47 bits per heavy atom. The average molecular weight is 225 g/mol. The van der Waals surface area contributed by atoms with Crippen LogP contribution in [0.5, 0.6) is 0 Å². The molecule has 0 radical (unpaired) electrons. The van der Waals surface area contributed by atoms with Gasteiger partial charge >= 0.3 is 0 Å². The Morgan fingerprint density at radius 1 is 1.12 bits per heavy atom. The lowest BCUT2D eigenvalue weighted by Crippen LogP contribution is -2.23. The molecule has 0 amide bonds. The molecule has 0 fully saturated rings. The molecule has 0 bridgehead atoms. The monoisotopic (exact) mass is 225 g/mol. The molecule has 0 aliphatic heterocycles. The first-order valence-electron chi connectivity index (χ1n) is 6.05. The predicted octanol–water partition coefficient (Wildman–Crippen LogP) is 3.74. The van der Waals surface area contributed by atoms with Crippen molar-refractivity contribution >= 4 is 0 Å². The van der Waals surface area contributed by atoms with E-state index in [4.69, 9.17) is 0 Å². The van der Waals surface area contributed by atoms with E-state index in [1.807, 2.05) is 0 Å². The van der Waals surface area contributed by atoms with Crippen LogP contribution in [0.4, 0.5) is 0 Å². The number of benzene rings is 1. The quantitative estimate of drug-likeness (QED) is 0.823. The Labute approximate surface area is 104 Å². The minimum absolute atomic E-state index is 0.854. The Morgan fingerprint density at radius 2 is 1.82 bits per heavy atom. The van der Waals surface area contributed by atoms with E-state index in [2.05, 4.69) is 56.6 Å². The van der Waals surface area contributed by atoms with Gasteiger partial charge in [0.15, 0.2) is 0 Å². The highest BCUT2D eigenvalue weighted by atomic mass is 14.9. The van der Waals surface area contributed by atoms with E-state index in [9.17, 15) is 0 Å². The van der Waals surface area contributed by atoms with Crippen molar-refractivity contribution in [3.63, 3.8) is 0 Å². The lowest BCUT2D eigenvalue weighted by atomic mass is 9.85. The normalized spacial score (nSPS) is 14.9. The van der Waals surface area contributed by atoms with Gasteiger partial charge in [-0.2, -0.15) is 0 Å². The first kappa shape index (κ1) is 11.7. The van der Waals surface area contributed by atoms with Gasteiger partial charge in [-0.15, -0.1) is 0 Å². The molecule has 0 heterocycles. The number of rotatable bonds is 4. The molecule has 1 aliphatic rings. The summed E-state index contributed by atoms with van der Waals surface area (Å²) in [6.45, 7) is 13.1. The van der Waals surface area contributed by atoms with Crippen LogP contribution in [0.2, 0.25) is 0 Å². The Balaban J connectivity index is 2.04. The molecule has 17 heavy (non-hydrogen) atoms. The third-order valence-electron chi connectivity index (χ3n) is 3.36. The van der Waals surface area contributed by atoms with Crippen LogP contribution in [0.25, 0.3) is 0 Å². The molecule has 1 nitrogen and oxygen atoms in total. The van der Waals surface area contributed by atoms with Crippen molar-refractivity contribution in [2.45, 2.75) is 26.8 Å². The topological polar surface area (TPSA) is 12.0 Å². The smallest absolute Gasteiger partial charge is 0.0452 e. The maximum Gasteiger partial charge on any atom is 0.0452 e. The summed E-state index contributed by atoms with van der Waals surface area (Å²) in [6, 6.07) is 8.68. The van der Waals surface area contributed by atoms with Crippen LogP contribution in [-0.4, -0.2) is 0 Å². The van der Waals surface area contributed by atoms with Crippen molar-refractivity contribution in [3.8, 4) is 0 Å². The zero-order valence-corrected chi connectivity index (χ0v) is 10.6. The number of allylic oxidation sites excluding steroid dienone is 2. The van der Waals surface area contributed by atoms with E-state index in [0.717, 1.165) is 29.8 Å². The fourth-order valence-electron chi connectivity index (χ4n) is 2.08. The van der Waals surface area contributed by atoms with E-state index < -0.39 is 0 Å². The first-order chi connectivity index (χ1) is 8.13. The van der Waals surface area contributed by atoms with Crippen LogP contribution in [0.1, 0.15) is 25.0 Å². The van der Waals surface area contributed by atoms with Crippen LogP contribution in [0.15, 0.2) is 59.8 Å². The lowest BCUT2D eigenvalue weighted by Gasteiger charge is -2.28. The van der Waals surface area contributed by atoms with Crippen LogP contribution in [-0.2, 0) is 13.0 Å². The minimum Gasteiger partial charge on any atom is -0.380 e. The van der Waals surface area contributed by atoms with Crippen molar-refractivity contribution in [2.24, 2.45) is 0 Å². The summed E-state index contributed by atoms with van der Waals surface area (Å²) >= 11 is 0. The predicted molar refractivity (Wildman–Crippen MR) is 73.6 cm³/mol. The van der Waals surface area contributed by atoms with Gasteiger partial charge in [-0.1, -0.05) is 44.3 Å². The molecule has 1 N–H and O–H groups in total. The van der Waals surface area contributed by atoms with Crippen molar-refractivity contribution in [2.75, 3.05) is 0 Å². The van der Waals surface area contributed by atoms with Gasteiger partial charge in [0.05, 0.1) is 0 Å². The summed E-state index contributed by atoms with van der Waals surface area (Å²) in [6.07, 6.45) is 1.08. The van der Waals surface area contributed by atoms with E-state index in [-0.39, 0.29) is 0 Å². The van der Waals surface area contributed by atoms with Crippen molar-refractivity contribution < 1.29 is 0 Å². The molecule has 2 rings (SSSR count). The third kappa shape index (κ3) is 2.19. The van der Waals surface area contributed by atoms with Crippen molar-refractivity contribution in [1.82, 2.24) is 5.32 Å². The van der Waals surface area contributed by atoms with Gasteiger partial charge in [-0.3, -0.25) is 0 Å². The fourth-order valence-corrected chi connectivity index (χ4v) is 2.08. The van der Waals surface area contributed by atoms with E-state index in [0.29, 0.717) is 0 Å². The Hall–Kier alpha value is -1.76. The summed E-state index contributed by atoms with van der Waals surface area (Å²) < 4.78 is 0. The Kier molecular flexibility index (Phi) is 3.19. The van der Waals surface area contributed by atoms with Gasteiger partial charge in [0, 0.05) is 12.2 Å². The first-order valence-corrected chi connectivity index (χ1v) is 6.05. The van der Waals surface area contributed by atoms with E-state index in [1.165, 1.54) is 16.7 Å². The van der Waals surface area contributed by atoms with Crippen LogP contribution >= 0.6 is 0 Å². The van der Waals surface area contributed by atoms with Crippen LogP contribution < -0.4 is 5.32 Å². The van der Waals surface area contributed by atoms with Gasteiger partial charge in [-0.25, -0.2) is 0 Å². The standard InChI is InChI=1S/C16H19N/c1-5-14-7-6-8-15(9-14)10-17-16-12(3)11(2)13(16)4/h6-9,17H,2-3,5,10H2,1,4H3. The Bertz CT molecular complexity index is 506. The largest absolute Gasteiger partial charge is 0.380 e. The third-order valence-corrected chi connectivity index (χ3v) is 3.36. The molecule has 0 unspecified atom stereocenters. The van der Waals surface area contributed by atoms with Crippen molar-refractivity contribution in [3.05, 3.63) is 71.0 Å². The minimum atomic E-state index is 0.854. The van der Waals surface area contributed by atoms with E-state index in [1.54, 1.807) is 0 Å². The average Bonchev–Trinajstić information content (AvgIpc) is 2.38. The number of hydrogen-bond donors (Lipinski definition) is 1. The highest BCUT2D eigenvalue weighted by Crippen LogP contribution is 2.35. The van der Waals surface area contributed by atoms with E-state index >= 15 is 0 Å². The fraction of sp³-hybridized carbons (Fsp3) is 0.250. The van der Waals surface area contributed by atoms with Crippen molar-refractivity contribution in [1.29, 1.82) is 0 Å². The zero-order valence-electron chi connectivity index (χ0n) is 10.6. The second-order valence-corrected chi connectivity index (χ2v) is 4.48. The number of hydrogen-bond acceptors (Lipinski definition) is 1.